The van der Waals surface area contributed by atoms with Crippen molar-refractivity contribution in [2.24, 2.45) is 0 Å². The smallest absolute Gasteiger partial charge is 0.295 e. The molecule has 0 saturated heterocycles. The van der Waals surface area contributed by atoms with Gasteiger partial charge in [0.2, 0.25) is 5.91 Å². The third-order valence-corrected chi connectivity index (χ3v) is 4.38. The number of nitrogen functional groups attached to an aromatic ring is 1. The fourth-order valence-electron chi connectivity index (χ4n) is 2.92. The molecule has 1 aliphatic rings. The Kier molecular flexibility index (Phi) is 6.00. The highest BCUT2D eigenvalue weighted by atomic mass is 19.1. The number of nitrogens with one attached hydrogen (secondary N) is 1. The Balaban J connectivity index is 1.74. The summed E-state index contributed by atoms with van der Waals surface area (Å²) in [5.41, 5.74) is 4.57. The molecule has 0 saturated carbocycles. The van der Waals surface area contributed by atoms with Crippen LogP contribution in [-0.2, 0) is 4.79 Å². The SMILES string of the molecule is CCN(CC(=O)Nc1ccc2c(c1)OCCO2)C(=O)c1cc(F)cc([N+](=O)[O-])c1N. The normalized spacial score (nSPS) is 12.2. The monoisotopic (exact) mass is 418 g/mol. The summed E-state index contributed by atoms with van der Waals surface area (Å²) in [6.45, 7) is 2.17. The van der Waals surface area contributed by atoms with E-state index < -0.39 is 33.9 Å². The summed E-state index contributed by atoms with van der Waals surface area (Å²) in [6.07, 6.45) is 0. The number of amides is 2. The maximum atomic E-state index is 13.8. The number of ether oxygens (including phenoxy) is 2. The number of fused-ring (bicyclic) bond motifs is 1. The highest BCUT2D eigenvalue weighted by Gasteiger charge is 2.26. The average molecular weight is 418 g/mol. The summed E-state index contributed by atoms with van der Waals surface area (Å²) in [5, 5.41) is 13.7. The van der Waals surface area contributed by atoms with Crippen molar-refractivity contribution in [1.82, 2.24) is 4.90 Å². The second-order valence-corrected chi connectivity index (χ2v) is 6.37. The van der Waals surface area contributed by atoms with E-state index in [0.717, 1.165) is 11.0 Å². The number of hydrogen-bond donors (Lipinski definition) is 2. The summed E-state index contributed by atoms with van der Waals surface area (Å²) in [4.78, 5) is 36.4. The molecule has 0 radical (unpaired) electrons. The lowest BCUT2D eigenvalue weighted by atomic mass is 10.1. The van der Waals surface area contributed by atoms with Gasteiger partial charge >= 0.3 is 0 Å². The first-order valence-electron chi connectivity index (χ1n) is 9.02. The van der Waals surface area contributed by atoms with Crippen molar-refractivity contribution in [3.8, 4) is 11.5 Å². The molecule has 3 N–H and O–H groups in total. The minimum atomic E-state index is -0.976. The van der Waals surface area contributed by atoms with Gasteiger partial charge in [-0.25, -0.2) is 4.39 Å². The first-order valence-corrected chi connectivity index (χ1v) is 9.02. The summed E-state index contributed by atoms with van der Waals surface area (Å²) >= 11 is 0. The van der Waals surface area contributed by atoms with Crippen LogP contribution in [0, 0.1) is 15.9 Å². The third-order valence-electron chi connectivity index (χ3n) is 4.38. The lowest BCUT2D eigenvalue weighted by molar-refractivity contribution is -0.384. The molecule has 158 valence electrons. The zero-order valence-electron chi connectivity index (χ0n) is 16.0. The van der Waals surface area contributed by atoms with Crippen LogP contribution in [0.2, 0.25) is 0 Å². The number of likely N-dealkylation sites (N-methyl/N-ethyl adjacent to an activating group) is 1. The first-order chi connectivity index (χ1) is 14.3. The molecule has 2 aromatic carbocycles. The van der Waals surface area contributed by atoms with Crippen LogP contribution < -0.4 is 20.5 Å². The molecule has 0 unspecified atom stereocenters. The standard InChI is InChI=1S/C19H19FN4O6/c1-2-23(19(26)13-7-11(20)8-14(18(13)21)24(27)28)10-17(25)22-12-3-4-15-16(9-12)30-6-5-29-15/h3-4,7-9H,2,5-6,10,21H2,1H3,(H,22,25). The Labute approximate surface area is 170 Å². The Morgan fingerprint density at radius 2 is 1.93 bits per heavy atom. The second-order valence-electron chi connectivity index (χ2n) is 6.37. The fraction of sp³-hybridized carbons (Fsp3) is 0.263. The second kappa shape index (κ2) is 8.64. The number of hydrogen-bond acceptors (Lipinski definition) is 7. The van der Waals surface area contributed by atoms with Gasteiger partial charge in [-0.05, 0) is 25.1 Å². The van der Waals surface area contributed by atoms with E-state index in [-0.39, 0.29) is 18.7 Å². The third kappa shape index (κ3) is 4.40. The molecule has 2 aromatic rings. The van der Waals surface area contributed by atoms with Crippen LogP contribution in [-0.4, -0.2) is 47.9 Å². The Hall–Kier alpha value is -3.89. The Bertz CT molecular complexity index is 1010. The van der Waals surface area contributed by atoms with Crippen molar-refractivity contribution in [3.05, 3.63) is 51.8 Å². The maximum absolute atomic E-state index is 13.8. The topological polar surface area (TPSA) is 137 Å². The van der Waals surface area contributed by atoms with Crippen LogP contribution in [0.25, 0.3) is 0 Å². The molecule has 1 aliphatic heterocycles. The molecular weight excluding hydrogens is 399 g/mol. The number of carbonyl (C=O) groups is 2. The molecule has 10 nitrogen and oxygen atoms in total. The summed E-state index contributed by atoms with van der Waals surface area (Å²) in [5.74, 6) is -1.24. The Morgan fingerprint density at radius 1 is 1.23 bits per heavy atom. The number of halogens is 1. The van der Waals surface area contributed by atoms with Crippen molar-refractivity contribution in [1.29, 1.82) is 0 Å². The van der Waals surface area contributed by atoms with Gasteiger partial charge in [0.05, 0.1) is 16.6 Å². The highest BCUT2D eigenvalue weighted by molar-refractivity contribution is 6.03. The fourth-order valence-corrected chi connectivity index (χ4v) is 2.92. The molecule has 2 amide bonds. The van der Waals surface area contributed by atoms with Crippen molar-refractivity contribution in [2.75, 3.05) is 37.4 Å². The van der Waals surface area contributed by atoms with Crippen molar-refractivity contribution < 1.29 is 28.4 Å². The molecule has 0 aromatic heterocycles. The van der Waals surface area contributed by atoms with E-state index in [1.54, 1.807) is 25.1 Å². The predicted octanol–water partition coefficient (Wildman–Crippen LogP) is 2.19. The first kappa shape index (κ1) is 20.8. The zero-order chi connectivity index (χ0) is 21.8. The molecule has 1 heterocycles. The van der Waals surface area contributed by atoms with Crippen LogP contribution in [0.1, 0.15) is 17.3 Å². The lowest BCUT2D eigenvalue weighted by Crippen LogP contribution is -2.38. The largest absolute Gasteiger partial charge is 0.486 e. The van der Waals surface area contributed by atoms with Gasteiger partial charge in [0.25, 0.3) is 11.6 Å². The molecule has 11 heteroatoms. The number of anilines is 2. The van der Waals surface area contributed by atoms with Crippen LogP contribution >= 0.6 is 0 Å². The minimum absolute atomic E-state index is 0.0944. The predicted molar refractivity (Wildman–Crippen MR) is 105 cm³/mol. The number of nitrogens with two attached hydrogens (primary N) is 1. The number of carbonyl (C=O) groups excluding carboxylic acids is 2. The molecule has 3 rings (SSSR count). The minimum Gasteiger partial charge on any atom is -0.486 e. The van der Waals surface area contributed by atoms with Crippen molar-refractivity contribution >= 4 is 28.9 Å². The quantitative estimate of drug-likeness (QED) is 0.417. The van der Waals surface area contributed by atoms with Crippen molar-refractivity contribution in [3.63, 3.8) is 0 Å². The van der Waals surface area contributed by atoms with Gasteiger partial charge in [0.1, 0.15) is 31.3 Å². The number of rotatable bonds is 6. The van der Waals surface area contributed by atoms with E-state index in [4.69, 9.17) is 15.2 Å². The van der Waals surface area contributed by atoms with Gasteiger partial charge < -0.3 is 25.4 Å². The Morgan fingerprint density at radius 3 is 2.60 bits per heavy atom. The van der Waals surface area contributed by atoms with E-state index in [1.165, 1.54) is 0 Å². The molecule has 30 heavy (non-hydrogen) atoms. The molecule has 0 aliphatic carbocycles. The number of benzene rings is 2. The molecule has 0 bridgehead atoms. The number of nitrogens with zero attached hydrogens (tertiary/aromatic N) is 2. The lowest BCUT2D eigenvalue weighted by Gasteiger charge is -2.22. The maximum Gasteiger partial charge on any atom is 0.295 e. The van der Waals surface area contributed by atoms with Gasteiger partial charge in [-0.15, -0.1) is 0 Å². The van der Waals surface area contributed by atoms with E-state index in [0.29, 0.717) is 36.5 Å². The summed E-state index contributed by atoms with van der Waals surface area (Å²) in [7, 11) is 0. The van der Waals surface area contributed by atoms with Gasteiger partial charge in [-0.1, -0.05) is 0 Å². The molecule has 0 spiro atoms. The van der Waals surface area contributed by atoms with Gasteiger partial charge in [-0.2, -0.15) is 0 Å². The summed E-state index contributed by atoms with van der Waals surface area (Å²) < 4.78 is 24.6. The van der Waals surface area contributed by atoms with E-state index >= 15 is 0 Å². The van der Waals surface area contributed by atoms with Crippen LogP contribution in [0.15, 0.2) is 30.3 Å². The van der Waals surface area contributed by atoms with E-state index in [9.17, 15) is 24.1 Å². The average Bonchev–Trinajstić information content (AvgIpc) is 2.72. The molecular formula is C19H19FN4O6. The molecule has 0 atom stereocenters. The van der Waals surface area contributed by atoms with Crippen LogP contribution in [0.5, 0.6) is 11.5 Å². The number of nitro groups is 1. The van der Waals surface area contributed by atoms with Crippen LogP contribution in [0.4, 0.5) is 21.5 Å². The number of nitro benzene ring substituents is 1. The highest BCUT2D eigenvalue weighted by Crippen LogP contribution is 2.32. The summed E-state index contributed by atoms with van der Waals surface area (Å²) in [6, 6.07) is 6.32. The van der Waals surface area contributed by atoms with Crippen LogP contribution in [0.3, 0.4) is 0 Å². The molecule has 0 fully saturated rings. The van der Waals surface area contributed by atoms with E-state index in [1.807, 2.05) is 0 Å². The van der Waals surface area contributed by atoms with Gasteiger partial charge in [-0.3, -0.25) is 19.7 Å². The van der Waals surface area contributed by atoms with Gasteiger partial charge in [0, 0.05) is 18.3 Å². The van der Waals surface area contributed by atoms with E-state index in [2.05, 4.69) is 5.32 Å². The van der Waals surface area contributed by atoms with Crippen molar-refractivity contribution in [2.45, 2.75) is 6.92 Å². The zero-order valence-corrected chi connectivity index (χ0v) is 16.0. The van der Waals surface area contributed by atoms with Gasteiger partial charge in [0.15, 0.2) is 11.5 Å².